The fourth-order valence-corrected chi connectivity index (χ4v) is 1.54. The van der Waals surface area contributed by atoms with Crippen molar-refractivity contribution in [3.8, 4) is 12.3 Å². The van der Waals surface area contributed by atoms with Crippen LogP contribution in [0.15, 0.2) is 0 Å². The molecular formula is C13H22N2O3. The zero-order valence-electron chi connectivity index (χ0n) is 11.2. The smallest absolute Gasteiger partial charge is 0.326 e. The largest absolute Gasteiger partial charge is 0.480 e. The van der Waals surface area contributed by atoms with E-state index < -0.39 is 18.0 Å². The van der Waals surface area contributed by atoms with Crippen molar-refractivity contribution >= 4 is 12.0 Å². The molecule has 0 saturated heterocycles. The van der Waals surface area contributed by atoms with Gasteiger partial charge in [-0.2, -0.15) is 0 Å². The molecule has 0 heterocycles. The predicted molar refractivity (Wildman–Crippen MR) is 70.1 cm³/mol. The second kappa shape index (κ2) is 8.40. The number of amides is 2. The third-order valence-corrected chi connectivity index (χ3v) is 2.39. The maximum Gasteiger partial charge on any atom is 0.326 e. The van der Waals surface area contributed by atoms with Gasteiger partial charge in [0.2, 0.25) is 0 Å². The van der Waals surface area contributed by atoms with E-state index in [1.165, 1.54) is 0 Å². The van der Waals surface area contributed by atoms with Crippen LogP contribution in [0, 0.1) is 18.3 Å². The molecule has 0 fully saturated rings. The van der Waals surface area contributed by atoms with E-state index >= 15 is 0 Å². The highest BCUT2D eigenvalue weighted by Crippen LogP contribution is 2.05. The number of terminal acetylenes is 1. The molecule has 0 spiro atoms. The minimum atomic E-state index is -1.04. The van der Waals surface area contributed by atoms with Crippen LogP contribution in [0.4, 0.5) is 4.79 Å². The SMILES string of the molecule is C#CC(CCC)NC(=O)N[C@@H](CC(C)C)C(=O)O. The van der Waals surface area contributed by atoms with E-state index in [2.05, 4.69) is 16.6 Å². The Labute approximate surface area is 108 Å². The molecule has 18 heavy (non-hydrogen) atoms. The molecule has 0 aliphatic carbocycles. The minimum absolute atomic E-state index is 0.186. The second-order valence-electron chi connectivity index (χ2n) is 4.65. The van der Waals surface area contributed by atoms with Crippen molar-refractivity contribution in [1.82, 2.24) is 10.6 Å². The summed E-state index contributed by atoms with van der Waals surface area (Å²) in [5.74, 6) is 1.61. The summed E-state index contributed by atoms with van der Waals surface area (Å²) in [5.41, 5.74) is 0. The van der Waals surface area contributed by atoms with Gasteiger partial charge in [-0.3, -0.25) is 0 Å². The van der Waals surface area contributed by atoms with Crippen LogP contribution in [0.2, 0.25) is 0 Å². The van der Waals surface area contributed by atoms with Crippen LogP contribution >= 0.6 is 0 Å². The van der Waals surface area contributed by atoms with Crippen LogP contribution in [0.3, 0.4) is 0 Å². The average molecular weight is 254 g/mol. The van der Waals surface area contributed by atoms with Crippen molar-refractivity contribution in [1.29, 1.82) is 0 Å². The van der Waals surface area contributed by atoms with Gasteiger partial charge in [-0.1, -0.05) is 33.1 Å². The van der Waals surface area contributed by atoms with Crippen molar-refractivity contribution in [2.45, 2.75) is 52.1 Å². The zero-order valence-corrected chi connectivity index (χ0v) is 11.2. The van der Waals surface area contributed by atoms with Gasteiger partial charge in [-0.15, -0.1) is 6.42 Å². The highest BCUT2D eigenvalue weighted by atomic mass is 16.4. The van der Waals surface area contributed by atoms with Gasteiger partial charge in [0.1, 0.15) is 6.04 Å². The molecule has 0 saturated carbocycles. The number of carboxylic acids is 1. The number of carboxylic acid groups (broad SMARTS) is 1. The van der Waals surface area contributed by atoms with Gasteiger partial charge < -0.3 is 15.7 Å². The Kier molecular flexibility index (Phi) is 7.61. The van der Waals surface area contributed by atoms with Crippen LogP contribution in [-0.2, 0) is 4.79 Å². The van der Waals surface area contributed by atoms with Gasteiger partial charge in [-0.25, -0.2) is 9.59 Å². The number of urea groups is 1. The van der Waals surface area contributed by atoms with E-state index in [9.17, 15) is 9.59 Å². The molecular weight excluding hydrogens is 232 g/mol. The third-order valence-electron chi connectivity index (χ3n) is 2.39. The molecule has 0 aromatic carbocycles. The molecule has 0 aliphatic heterocycles. The van der Waals surface area contributed by atoms with Gasteiger partial charge in [0.05, 0.1) is 6.04 Å². The number of aliphatic carboxylic acids is 1. The molecule has 0 rings (SSSR count). The lowest BCUT2D eigenvalue weighted by molar-refractivity contribution is -0.139. The fraction of sp³-hybridized carbons (Fsp3) is 0.692. The van der Waals surface area contributed by atoms with Crippen molar-refractivity contribution in [2.75, 3.05) is 0 Å². The maximum absolute atomic E-state index is 11.6. The standard InChI is InChI=1S/C13H22N2O3/c1-5-7-10(6-2)14-13(18)15-11(12(16)17)8-9(3)4/h2,9-11H,5,7-8H2,1,3-4H3,(H,16,17)(H2,14,15,18)/t10?,11-/m0/s1. The molecule has 0 bridgehead atoms. The van der Waals surface area contributed by atoms with E-state index in [0.29, 0.717) is 12.8 Å². The van der Waals surface area contributed by atoms with Crippen molar-refractivity contribution in [3.63, 3.8) is 0 Å². The van der Waals surface area contributed by atoms with Gasteiger partial charge in [0.25, 0.3) is 0 Å². The zero-order chi connectivity index (χ0) is 14.1. The summed E-state index contributed by atoms with van der Waals surface area (Å²) in [5, 5.41) is 14.0. The highest BCUT2D eigenvalue weighted by Gasteiger charge is 2.21. The Hall–Kier alpha value is -1.70. The Morgan fingerprint density at radius 2 is 1.94 bits per heavy atom. The van der Waals surface area contributed by atoms with E-state index in [1.807, 2.05) is 20.8 Å². The Bertz CT molecular complexity index is 321. The molecule has 5 nitrogen and oxygen atoms in total. The van der Waals surface area contributed by atoms with Crippen LogP contribution in [0.25, 0.3) is 0 Å². The molecule has 0 radical (unpaired) electrons. The molecule has 102 valence electrons. The fourth-order valence-electron chi connectivity index (χ4n) is 1.54. The number of rotatable bonds is 7. The summed E-state index contributed by atoms with van der Waals surface area (Å²) in [7, 11) is 0. The van der Waals surface area contributed by atoms with Gasteiger partial charge in [0.15, 0.2) is 0 Å². The predicted octanol–water partition coefficient (Wildman–Crippen LogP) is 1.59. The number of carbonyl (C=O) groups is 2. The first kappa shape index (κ1) is 16.3. The summed E-state index contributed by atoms with van der Waals surface area (Å²) >= 11 is 0. The first-order chi connectivity index (χ1) is 8.40. The van der Waals surface area contributed by atoms with E-state index in [-0.39, 0.29) is 12.0 Å². The lowest BCUT2D eigenvalue weighted by Crippen LogP contribution is -2.49. The summed E-state index contributed by atoms with van der Waals surface area (Å²) in [4.78, 5) is 22.6. The van der Waals surface area contributed by atoms with E-state index in [0.717, 1.165) is 6.42 Å². The van der Waals surface area contributed by atoms with Crippen molar-refractivity contribution in [2.24, 2.45) is 5.92 Å². The van der Waals surface area contributed by atoms with Gasteiger partial charge in [-0.05, 0) is 18.8 Å². The monoisotopic (exact) mass is 254 g/mol. The minimum Gasteiger partial charge on any atom is -0.480 e. The molecule has 2 atom stereocenters. The van der Waals surface area contributed by atoms with Gasteiger partial charge in [0, 0.05) is 0 Å². The average Bonchev–Trinajstić information content (AvgIpc) is 2.26. The van der Waals surface area contributed by atoms with Gasteiger partial charge >= 0.3 is 12.0 Å². The first-order valence-corrected chi connectivity index (χ1v) is 6.16. The topological polar surface area (TPSA) is 78.4 Å². The molecule has 1 unspecified atom stereocenters. The quantitative estimate of drug-likeness (QED) is 0.604. The Morgan fingerprint density at radius 1 is 1.33 bits per heavy atom. The molecule has 0 aromatic heterocycles. The molecule has 5 heteroatoms. The summed E-state index contributed by atoms with van der Waals surface area (Å²) in [6.07, 6.45) is 7.18. The van der Waals surface area contributed by atoms with Crippen LogP contribution in [0.1, 0.15) is 40.0 Å². The first-order valence-electron chi connectivity index (χ1n) is 6.16. The van der Waals surface area contributed by atoms with Crippen LogP contribution < -0.4 is 10.6 Å². The second-order valence-corrected chi connectivity index (χ2v) is 4.65. The maximum atomic E-state index is 11.6. The lowest BCUT2D eigenvalue weighted by atomic mass is 10.0. The number of hydrogen-bond acceptors (Lipinski definition) is 2. The van der Waals surface area contributed by atoms with Crippen molar-refractivity contribution in [3.05, 3.63) is 0 Å². The van der Waals surface area contributed by atoms with Crippen molar-refractivity contribution < 1.29 is 14.7 Å². The van der Waals surface area contributed by atoms with E-state index in [1.54, 1.807) is 0 Å². The summed E-state index contributed by atoms with van der Waals surface area (Å²) in [6.45, 7) is 5.76. The summed E-state index contributed by atoms with van der Waals surface area (Å²) < 4.78 is 0. The van der Waals surface area contributed by atoms with E-state index in [4.69, 9.17) is 11.5 Å². The number of nitrogens with one attached hydrogen (secondary N) is 2. The Balaban J connectivity index is 4.33. The van der Waals surface area contributed by atoms with Crippen LogP contribution in [-0.4, -0.2) is 29.2 Å². The number of hydrogen-bond donors (Lipinski definition) is 3. The highest BCUT2D eigenvalue weighted by molar-refractivity contribution is 5.82. The molecule has 2 amide bonds. The Morgan fingerprint density at radius 3 is 2.33 bits per heavy atom. The lowest BCUT2D eigenvalue weighted by Gasteiger charge is -2.18. The molecule has 0 aromatic rings. The summed E-state index contributed by atoms with van der Waals surface area (Å²) in [6, 6.07) is -1.77. The molecule has 3 N–H and O–H groups in total. The molecule has 0 aliphatic rings. The normalized spacial score (nSPS) is 13.5. The number of carbonyl (C=O) groups excluding carboxylic acids is 1. The van der Waals surface area contributed by atoms with Crippen LogP contribution in [0.5, 0.6) is 0 Å². The third kappa shape index (κ3) is 6.79.